The quantitative estimate of drug-likeness (QED) is 0.819. The Morgan fingerprint density at radius 1 is 1.21 bits per heavy atom. The highest BCUT2D eigenvalue weighted by Crippen LogP contribution is 2.45. The van der Waals surface area contributed by atoms with Gasteiger partial charge >= 0.3 is 6.18 Å². The summed E-state index contributed by atoms with van der Waals surface area (Å²) in [5, 5.41) is 3.01. The number of alkyl halides is 3. The van der Waals surface area contributed by atoms with E-state index >= 15 is 0 Å². The molecule has 3 rings (SSSR count). The third kappa shape index (κ3) is 2.66. The minimum Gasteiger partial charge on any atom is -0.367 e. The van der Waals surface area contributed by atoms with Crippen molar-refractivity contribution in [3.05, 3.63) is 22.8 Å². The number of anilines is 1. The molecule has 6 heteroatoms. The standard InChI is InChI=1S/C13H14ClF3N2/c14-11-5-9(13(15,16)17)6-12(19-11)18-10-4-7-1-2-8(10)3-7/h5-8,10H,1-4H2,(H,18,19). The van der Waals surface area contributed by atoms with Crippen LogP contribution in [0.4, 0.5) is 19.0 Å². The Labute approximate surface area is 114 Å². The van der Waals surface area contributed by atoms with Crippen molar-refractivity contribution in [3.63, 3.8) is 0 Å². The van der Waals surface area contributed by atoms with Crippen molar-refractivity contribution >= 4 is 17.4 Å². The second-order valence-corrected chi connectivity index (χ2v) is 5.87. The van der Waals surface area contributed by atoms with Gasteiger partial charge in [0.15, 0.2) is 0 Å². The summed E-state index contributed by atoms with van der Waals surface area (Å²) in [6.45, 7) is 0. The van der Waals surface area contributed by atoms with E-state index in [1.54, 1.807) is 0 Å². The average Bonchev–Trinajstić information content (AvgIpc) is 2.88. The number of fused-ring (bicyclic) bond motifs is 2. The minimum atomic E-state index is -4.39. The predicted molar refractivity (Wildman–Crippen MR) is 67.1 cm³/mol. The average molecular weight is 291 g/mol. The molecular formula is C13H14ClF3N2. The van der Waals surface area contributed by atoms with Crippen LogP contribution in [0.3, 0.4) is 0 Å². The minimum absolute atomic E-state index is 0.125. The van der Waals surface area contributed by atoms with E-state index < -0.39 is 11.7 Å². The van der Waals surface area contributed by atoms with Gasteiger partial charge in [-0.15, -0.1) is 0 Å². The second-order valence-electron chi connectivity index (χ2n) is 5.49. The highest BCUT2D eigenvalue weighted by molar-refractivity contribution is 6.29. The van der Waals surface area contributed by atoms with Crippen molar-refractivity contribution in [1.82, 2.24) is 4.98 Å². The van der Waals surface area contributed by atoms with Gasteiger partial charge in [0.1, 0.15) is 11.0 Å². The topological polar surface area (TPSA) is 24.9 Å². The molecule has 2 fully saturated rings. The fourth-order valence-electron chi connectivity index (χ4n) is 3.35. The fraction of sp³-hybridized carbons (Fsp3) is 0.615. The van der Waals surface area contributed by atoms with Gasteiger partial charge in [0.2, 0.25) is 0 Å². The molecule has 0 spiro atoms. The first-order valence-electron chi connectivity index (χ1n) is 6.43. The van der Waals surface area contributed by atoms with Gasteiger partial charge in [-0.2, -0.15) is 13.2 Å². The van der Waals surface area contributed by atoms with Crippen LogP contribution in [0.25, 0.3) is 0 Å². The van der Waals surface area contributed by atoms with E-state index in [1.165, 1.54) is 12.8 Å². The number of hydrogen-bond acceptors (Lipinski definition) is 2. The maximum Gasteiger partial charge on any atom is 0.416 e. The van der Waals surface area contributed by atoms with Crippen LogP contribution in [-0.2, 0) is 6.18 Å². The number of halogens is 4. The van der Waals surface area contributed by atoms with Crippen molar-refractivity contribution in [2.24, 2.45) is 11.8 Å². The molecule has 3 atom stereocenters. The molecule has 0 aliphatic heterocycles. The van der Waals surface area contributed by atoms with E-state index in [9.17, 15) is 13.2 Å². The Morgan fingerprint density at radius 2 is 2.00 bits per heavy atom. The lowest BCUT2D eigenvalue weighted by molar-refractivity contribution is -0.137. The lowest BCUT2D eigenvalue weighted by atomic mass is 9.95. The monoisotopic (exact) mass is 290 g/mol. The molecule has 0 saturated heterocycles. The van der Waals surface area contributed by atoms with E-state index in [4.69, 9.17) is 11.6 Å². The van der Waals surface area contributed by atoms with E-state index in [0.29, 0.717) is 5.92 Å². The fourth-order valence-corrected chi connectivity index (χ4v) is 3.55. The number of aromatic nitrogens is 1. The van der Waals surface area contributed by atoms with Crippen LogP contribution in [0.1, 0.15) is 31.2 Å². The predicted octanol–water partition coefficient (Wildman–Crippen LogP) is 4.35. The van der Waals surface area contributed by atoms with Crippen LogP contribution in [-0.4, -0.2) is 11.0 Å². The first kappa shape index (κ1) is 13.0. The summed E-state index contributed by atoms with van der Waals surface area (Å²) in [5.41, 5.74) is -0.752. The summed E-state index contributed by atoms with van der Waals surface area (Å²) in [7, 11) is 0. The van der Waals surface area contributed by atoms with Gasteiger partial charge in [-0.05, 0) is 43.2 Å². The Hall–Kier alpha value is -0.970. The maximum absolute atomic E-state index is 12.7. The van der Waals surface area contributed by atoms with Crippen molar-refractivity contribution in [2.75, 3.05) is 5.32 Å². The SMILES string of the molecule is FC(F)(F)c1cc(Cl)nc(NC2CC3CCC2C3)c1. The molecule has 2 nitrogen and oxygen atoms in total. The highest BCUT2D eigenvalue weighted by atomic mass is 35.5. The van der Waals surface area contributed by atoms with Gasteiger partial charge in [-0.25, -0.2) is 4.98 Å². The number of nitrogens with zero attached hydrogens (tertiary/aromatic N) is 1. The van der Waals surface area contributed by atoms with Gasteiger partial charge < -0.3 is 5.32 Å². The third-order valence-corrected chi connectivity index (χ3v) is 4.39. The van der Waals surface area contributed by atoms with E-state index in [0.717, 1.165) is 30.9 Å². The lowest BCUT2D eigenvalue weighted by Crippen LogP contribution is -2.26. The van der Waals surface area contributed by atoms with Crippen LogP contribution in [0.15, 0.2) is 12.1 Å². The first-order valence-corrected chi connectivity index (χ1v) is 6.81. The van der Waals surface area contributed by atoms with Crippen LogP contribution < -0.4 is 5.32 Å². The molecule has 0 amide bonds. The van der Waals surface area contributed by atoms with Gasteiger partial charge in [0.25, 0.3) is 0 Å². The number of pyridine rings is 1. The first-order chi connectivity index (χ1) is 8.91. The van der Waals surface area contributed by atoms with Crippen LogP contribution >= 0.6 is 11.6 Å². The number of hydrogen-bond donors (Lipinski definition) is 1. The molecule has 1 aromatic heterocycles. The van der Waals surface area contributed by atoms with Gasteiger partial charge in [-0.3, -0.25) is 0 Å². The summed E-state index contributed by atoms with van der Waals surface area (Å²) in [6.07, 6.45) is 0.233. The Kier molecular flexibility index (Phi) is 3.12. The van der Waals surface area contributed by atoms with E-state index in [2.05, 4.69) is 10.3 Å². The van der Waals surface area contributed by atoms with Crippen LogP contribution in [0, 0.1) is 11.8 Å². The van der Waals surface area contributed by atoms with Gasteiger partial charge in [-0.1, -0.05) is 18.0 Å². The molecule has 2 aliphatic carbocycles. The summed E-state index contributed by atoms with van der Waals surface area (Å²) < 4.78 is 38.1. The summed E-state index contributed by atoms with van der Waals surface area (Å²) in [6, 6.07) is 2.14. The molecule has 2 saturated carbocycles. The second kappa shape index (κ2) is 4.54. The molecule has 1 heterocycles. The van der Waals surface area contributed by atoms with Crippen LogP contribution in [0.2, 0.25) is 5.15 Å². The zero-order valence-electron chi connectivity index (χ0n) is 10.2. The molecule has 1 aromatic rings. The van der Waals surface area contributed by atoms with Crippen molar-refractivity contribution in [3.8, 4) is 0 Å². The van der Waals surface area contributed by atoms with E-state index in [1.807, 2.05) is 0 Å². The van der Waals surface area contributed by atoms with E-state index in [-0.39, 0.29) is 17.0 Å². The summed E-state index contributed by atoms with van der Waals surface area (Å²) in [4.78, 5) is 3.95. The molecule has 104 valence electrons. The molecule has 2 aliphatic rings. The highest BCUT2D eigenvalue weighted by Gasteiger charge is 2.40. The zero-order valence-corrected chi connectivity index (χ0v) is 10.9. The van der Waals surface area contributed by atoms with Gasteiger partial charge in [0.05, 0.1) is 5.56 Å². The van der Waals surface area contributed by atoms with Crippen molar-refractivity contribution in [2.45, 2.75) is 37.9 Å². The summed E-state index contributed by atoms with van der Waals surface area (Å²) >= 11 is 5.67. The van der Waals surface area contributed by atoms with Crippen molar-refractivity contribution in [1.29, 1.82) is 0 Å². The Morgan fingerprint density at radius 3 is 2.58 bits per heavy atom. The molecule has 3 unspecified atom stereocenters. The zero-order chi connectivity index (χ0) is 13.6. The molecule has 1 N–H and O–H groups in total. The number of rotatable bonds is 2. The van der Waals surface area contributed by atoms with Crippen molar-refractivity contribution < 1.29 is 13.2 Å². The largest absolute Gasteiger partial charge is 0.416 e. The lowest BCUT2D eigenvalue weighted by Gasteiger charge is -2.23. The molecular weight excluding hydrogens is 277 g/mol. The van der Waals surface area contributed by atoms with Gasteiger partial charge in [0, 0.05) is 6.04 Å². The normalized spacial score (nSPS) is 29.8. The number of nitrogens with one attached hydrogen (secondary N) is 1. The molecule has 0 radical (unpaired) electrons. The molecule has 19 heavy (non-hydrogen) atoms. The summed E-state index contributed by atoms with van der Waals surface area (Å²) in [5.74, 6) is 1.53. The third-order valence-electron chi connectivity index (χ3n) is 4.19. The Bertz CT molecular complexity index is 489. The Balaban J connectivity index is 1.79. The molecule has 0 aromatic carbocycles. The maximum atomic E-state index is 12.7. The molecule has 2 bridgehead atoms. The van der Waals surface area contributed by atoms with Crippen LogP contribution in [0.5, 0.6) is 0 Å². The smallest absolute Gasteiger partial charge is 0.367 e.